The van der Waals surface area contributed by atoms with Crippen molar-refractivity contribution in [2.75, 3.05) is 13.7 Å². The summed E-state index contributed by atoms with van der Waals surface area (Å²) in [6.45, 7) is 2.62. The molecular weight excluding hydrogens is 374 g/mol. The topological polar surface area (TPSA) is 70.3 Å². The third-order valence-electron chi connectivity index (χ3n) is 4.13. The van der Waals surface area contributed by atoms with Crippen LogP contribution in [-0.2, 0) is 6.42 Å². The first-order chi connectivity index (χ1) is 13.8. The van der Waals surface area contributed by atoms with Gasteiger partial charge in [0, 0.05) is 10.9 Å². The molecule has 0 aliphatic carbocycles. The van der Waals surface area contributed by atoms with E-state index in [4.69, 9.17) is 19.0 Å². The zero-order valence-corrected chi connectivity index (χ0v) is 16.4. The molecule has 0 aliphatic rings. The van der Waals surface area contributed by atoms with Gasteiger partial charge in [-0.15, -0.1) is 11.3 Å². The minimum absolute atomic E-state index is 0.490. The van der Waals surface area contributed by atoms with E-state index in [1.165, 1.54) is 0 Å². The Hall–Kier alpha value is -3.19. The zero-order chi connectivity index (χ0) is 19.3. The highest BCUT2D eigenvalue weighted by atomic mass is 32.1. The summed E-state index contributed by atoms with van der Waals surface area (Å²) in [7, 11) is 1.62. The van der Waals surface area contributed by atoms with Crippen LogP contribution in [0.4, 0.5) is 0 Å². The molecule has 0 unspecified atom stereocenters. The lowest BCUT2D eigenvalue weighted by Crippen LogP contribution is -1.91. The summed E-state index contributed by atoms with van der Waals surface area (Å²) in [5.41, 5.74) is 2.77. The maximum absolute atomic E-state index is 5.48. The average molecular weight is 393 g/mol. The van der Waals surface area contributed by atoms with Crippen LogP contribution in [0.5, 0.6) is 11.5 Å². The molecule has 0 aliphatic heterocycles. The molecule has 0 fully saturated rings. The molecular formula is C21H19N3O3S. The quantitative estimate of drug-likeness (QED) is 0.447. The lowest BCUT2D eigenvalue weighted by atomic mass is 10.2. The number of benzene rings is 2. The highest BCUT2D eigenvalue weighted by Gasteiger charge is 2.14. The van der Waals surface area contributed by atoms with E-state index in [0.717, 1.165) is 27.6 Å². The molecule has 0 atom stereocenters. The summed E-state index contributed by atoms with van der Waals surface area (Å²) in [5, 5.41) is 7.03. The van der Waals surface area contributed by atoms with Gasteiger partial charge in [-0.3, -0.25) is 0 Å². The number of para-hydroxylation sites is 1. The van der Waals surface area contributed by atoms with Gasteiger partial charge in [-0.05, 0) is 43.3 Å². The summed E-state index contributed by atoms with van der Waals surface area (Å²) in [5.74, 6) is 2.60. The number of hydrogen-bond donors (Lipinski definition) is 0. The van der Waals surface area contributed by atoms with Crippen molar-refractivity contribution in [3.8, 4) is 34.1 Å². The monoisotopic (exact) mass is 393 g/mol. The van der Waals surface area contributed by atoms with Gasteiger partial charge in [0.15, 0.2) is 0 Å². The molecule has 2 aromatic carbocycles. The van der Waals surface area contributed by atoms with Crippen LogP contribution < -0.4 is 9.47 Å². The minimum atomic E-state index is 0.490. The smallest absolute Gasteiger partial charge is 0.233 e. The molecule has 6 nitrogen and oxygen atoms in total. The van der Waals surface area contributed by atoms with Crippen molar-refractivity contribution < 1.29 is 14.0 Å². The molecule has 0 saturated heterocycles. The van der Waals surface area contributed by atoms with Crippen molar-refractivity contribution in [1.29, 1.82) is 0 Å². The summed E-state index contributed by atoms with van der Waals surface area (Å²) < 4.78 is 16.3. The van der Waals surface area contributed by atoms with Crippen LogP contribution in [0.3, 0.4) is 0 Å². The van der Waals surface area contributed by atoms with Gasteiger partial charge in [-0.1, -0.05) is 17.3 Å². The maximum Gasteiger partial charge on any atom is 0.233 e. The van der Waals surface area contributed by atoms with Crippen LogP contribution in [0.15, 0.2) is 58.4 Å². The van der Waals surface area contributed by atoms with Crippen LogP contribution in [0.1, 0.15) is 17.8 Å². The van der Waals surface area contributed by atoms with Gasteiger partial charge in [0.05, 0.1) is 31.4 Å². The van der Waals surface area contributed by atoms with E-state index in [1.807, 2.05) is 60.8 Å². The Morgan fingerprint density at radius 3 is 2.64 bits per heavy atom. The Kier molecular flexibility index (Phi) is 5.34. The molecule has 4 rings (SSSR count). The Labute approximate surface area is 166 Å². The van der Waals surface area contributed by atoms with Crippen LogP contribution in [-0.4, -0.2) is 28.8 Å². The van der Waals surface area contributed by atoms with Gasteiger partial charge in [0.1, 0.15) is 16.5 Å². The number of aromatic nitrogens is 3. The van der Waals surface area contributed by atoms with Crippen LogP contribution in [0, 0.1) is 0 Å². The van der Waals surface area contributed by atoms with E-state index in [-0.39, 0.29) is 0 Å². The number of rotatable bonds is 7. The largest absolute Gasteiger partial charge is 0.496 e. The van der Waals surface area contributed by atoms with Gasteiger partial charge in [0.2, 0.25) is 11.7 Å². The van der Waals surface area contributed by atoms with Crippen LogP contribution in [0.25, 0.3) is 22.6 Å². The van der Waals surface area contributed by atoms with Gasteiger partial charge >= 0.3 is 0 Å². The Balaban J connectivity index is 1.49. The molecule has 7 heteroatoms. The molecule has 0 bridgehead atoms. The predicted molar refractivity (Wildman–Crippen MR) is 108 cm³/mol. The number of hydrogen-bond acceptors (Lipinski definition) is 7. The third-order valence-corrected chi connectivity index (χ3v) is 4.98. The zero-order valence-electron chi connectivity index (χ0n) is 15.6. The maximum atomic E-state index is 5.48. The summed E-state index contributed by atoms with van der Waals surface area (Å²) in [6.07, 6.45) is 0.490. The second-order valence-electron chi connectivity index (χ2n) is 5.97. The summed E-state index contributed by atoms with van der Waals surface area (Å²) in [4.78, 5) is 9.18. The minimum Gasteiger partial charge on any atom is -0.496 e. The van der Waals surface area contributed by atoms with Crippen molar-refractivity contribution in [3.05, 3.63) is 64.8 Å². The SMILES string of the molecule is CCOc1ccc(-c2csc(Cc3nc(-c4ccccc4OC)no3)n2)cc1. The van der Waals surface area contributed by atoms with Crippen molar-refractivity contribution >= 4 is 11.3 Å². The normalized spacial score (nSPS) is 10.8. The molecule has 0 radical (unpaired) electrons. The first-order valence-corrected chi connectivity index (χ1v) is 9.78. The second kappa shape index (κ2) is 8.22. The summed E-state index contributed by atoms with van der Waals surface area (Å²) >= 11 is 1.57. The molecule has 2 aromatic heterocycles. The Morgan fingerprint density at radius 2 is 1.86 bits per heavy atom. The number of nitrogens with zero attached hydrogens (tertiary/aromatic N) is 3. The van der Waals surface area contributed by atoms with Gasteiger partial charge in [-0.2, -0.15) is 4.98 Å². The lowest BCUT2D eigenvalue weighted by molar-refractivity contribution is 0.340. The van der Waals surface area contributed by atoms with E-state index in [9.17, 15) is 0 Å². The third kappa shape index (κ3) is 3.89. The average Bonchev–Trinajstić information content (AvgIpc) is 3.39. The fourth-order valence-electron chi connectivity index (χ4n) is 2.81. The van der Waals surface area contributed by atoms with Crippen LogP contribution in [0.2, 0.25) is 0 Å². The van der Waals surface area contributed by atoms with Gasteiger partial charge < -0.3 is 14.0 Å². The van der Waals surface area contributed by atoms with Crippen molar-refractivity contribution in [3.63, 3.8) is 0 Å². The van der Waals surface area contributed by atoms with Gasteiger partial charge in [0.25, 0.3) is 0 Å². The molecule has 28 heavy (non-hydrogen) atoms. The first-order valence-electron chi connectivity index (χ1n) is 8.90. The molecule has 142 valence electrons. The van der Waals surface area contributed by atoms with Crippen molar-refractivity contribution in [2.24, 2.45) is 0 Å². The van der Waals surface area contributed by atoms with E-state index in [2.05, 4.69) is 10.1 Å². The number of ether oxygens (including phenoxy) is 2. The Morgan fingerprint density at radius 1 is 1.04 bits per heavy atom. The summed E-state index contributed by atoms with van der Waals surface area (Å²) in [6, 6.07) is 15.5. The fraction of sp³-hybridized carbons (Fsp3) is 0.190. The Bertz CT molecular complexity index is 1060. The predicted octanol–water partition coefficient (Wildman–Crippen LogP) is 4.86. The molecule has 2 heterocycles. The highest BCUT2D eigenvalue weighted by molar-refractivity contribution is 7.10. The highest BCUT2D eigenvalue weighted by Crippen LogP contribution is 2.28. The van der Waals surface area contributed by atoms with E-state index >= 15 is 0 Å². The molecule has 0 spiro atoms. The van der Waals surface area contributed by atoms with Gasteiger partial charge in [-0.25, -0.2) is 4.98 Å². The lowest BCUT2D eigenvalue weighted by Gasteiger charge is -2.03. The van der Waals surface area contributed by atoms with Crippen molar-refractivity contribution in [1.82, 2.24) is 15.1 Å². The molecule has 0 amide bonds. The fourth-order valence-corrected chi connectivity index (χ4v) is 3.60. The second-order valence-corrected chi connectivity index (χ2v) is 6.92. The molecule has 4 aromatic rings. The van der Waals surface area contributed by atoms with E-state index in [1.54, 1.807) is 18.4 Å². The van der Waals surface area contributed by atoms with E-state index < -0.39 is 0 Å². The number of thiazole rings is 1. The van der Waals surface area contributed by atoms with E-state index in [0.29, 0.717) is 30.5 Å². The first kappa shape index (κ1) is 18.2. The molecule has 0 N–H and O–H groups in total. The standard InChI is InChI=1S/C21H19N3O3S/c1-3-26-15-10-8-14(9-11-15)17-13-28-20(22-17)12-19-23-21(24-27-19)16-6-4-5-7-18(16)25-2/h4-11,13H,3,12H2,1-2H3. The molecule has 0 saturated carbocycles. The number of methoxy groups -OCH3 is 1. The van der Waals surface area contributed by atoms with Crippen molar-refractivity contribution in [2.45, 2.75) is 13.3 Å². The van der Waals surface area contributed by atoms with Crippen LogP contribution >= 0.6 is 11.3 Å².